The lowest BCUT2D eigenvalue weighted by atomic mass is 9.80. The summed E-state index contributed by atoms with van der Waals surface area (Å²) in [5.41, 5.74) is 2.94. The largest absolute Gasteiger partial charge is 0.309 e. The molecule has 1 nitrogen and oxygen atoms in total. The minimum absolute atomic E-state index is 0.623. The van der Waals surface area contributed by atoms with Crippen molar-refractivity contribution in [1.29, 1.82) is 0 Å². The molecule has 0 N–H and O–H groups in total. The SMILES string of the molecule is O=P(C1=C2CCC[C@H]2C[C@@H]2CCC=C12)(c1ccccc1)c1ccccc1. The quantitative estimate of drug-likeness (QED) is 0.633. The van der Waals surface area contributed by atoms with Gasteiger partial charge in [0.25, 0.3) is 0 Å². The summed E-state index contributed by atoms with van der Waals surface area (Å²) in [6, 6.07) is 20.5. The van der Waals surface area contributed by atoms with Gasteiger partial charge in [-0.3, -0.25) is 0 Å². The molecule has 0 spiro atoms. The maximum Gasteiger partial charge on any atom is 0.171 e. The van der Waals surface area contributed by atoms with Crippen LogP contribution >= 0.6 is 7.14 Å². The molecule has 2 aromatic carbocycles. The van der Waals surface area contributed by atoms with E-state index in [1.54, 1.807) is 0 Å². The third kappa shape index (κ3) is 2.41. The minimum Gasteiger partial charge on any atom is -0.309 e. The molecule has 0 bridgehead atoms. The number of benzene rings is 2. The summed E-state index contributed by atoms with van der Waals surface area (Å²) in [5.74, 6) is 1.28. The molecule has 0 heterocycles. The first-order chi connectivity index (χ1) is 12.8. The molecular weight excluding hydrogens is 335 g/mol. The Bertz CT molecular complexity index is 880. The molecule has 0 unspecified atom stereocenters. The second-order valence-electron chi connectivity index (χ2n) is 7.91. The Kier molecular flexibility index (Phi) is 4.02. The van der Waals surface area contributed by atoms with E-state index in [2.05, 4.69) is 30.3 Å². The highest BCUT2D eigenvalue weighted by Gasteiger charge is 2.45. The van der Waals surface area contributed by atoms with Crippen LogP contribution in [0.25, 0.3) is 0 Å². The predicted molar refractivity (Wildman–Crippen MR) is 110 cm³/mol. The van der Waals surface area contributed by atoms with E-state index in [9.17, 15) is 4.57 Å². The second-order valence-corrected chi connectivity index (χ2v) is 10.6. The molecule has 1 saturated carbocycles. The van der Waals surface area contributed by atoms with E-state index in [1.165, 1.54) is 42.1 Å². The van der Waals surface area contributed by atoms with Crippen LogP contribution in [0.4, 0.5) is 0 Å². The van der Waals surface area contributed by atoms with Crippen LogP contribution in [0.3, 0.4) is 0 Å². The van der Waals surface area contributed by atoms with Crippen molar-refractivity contribution >= 4 is 17.8 Å². The highest BCUT2D eigenvalue weighted by molar-refractivity contribution is 7.82. The molecule has 0 amide bonds. The summed E-state index contributed by atoms with van der Waals surface area (Å²) >= 11 is 0. The summed E-state index contributed by atoms with van der Waals surface area (Å²) in [6.45, 7) is 0. The first-order valence-electron chi connectivity index (χ1n) is 9.94. The van der Waals surface area contributed by atoms with E-state index >= 15 is 0 Å². The molecule has 2 atom stereocenters. The maximum atomic E-state index is 15.0. The van der Waals surface area contributed by atoms with E-state index in [0.717, 1.165) is 23.5 Å². The monoisotopic (exact) mass is 360 g/mol. The number of allylic oxidation sites excluding steroid dienone is 4. The van der Waals surface area contributed by atoms with E-state index in [1.807, 2.05) is 36.4 Å². The first-order valence-corrected chi connectivity index (χ1v) is 11.6. The van der Waals surface area contributed by atoms with Crippen molar-refractivity contribution in [2.45, 2.75) is 38.5 Å². The minimum atomic E-state index is -2.83. The molecule has 1 fully saturated rings. The molecular formula is C24H25OP. The molecule has 132 valence electrons. The average Bonchev–Trinajstić information content (AvgIpc) is 3.35. The lowest BCUT2D eigenvalue weighted by Crippen LogP contribution is -2.24. The molecule has 0 aliphatic heterocycles. The van der Waals surface area contributed by atoms with E-state index in [4.69, 9.17) is 0 Å². The molecule has 26 heavy (non-hydrogen) atoms. The molecule has 2 heteroatoms. The Labute approximate surface area is 156 Å². The lowest BCUT2D eigenvalue weighted by Gasteiger charge is -2.35. The fourth-order valence-electron chi connectivity index (χ4n) is 5.38. The predicted octanol–water partition coefficient (Wildman–Crippen LogP) is 5.79. The van der Waals surface area contributed by atoms with Crippen molar-refractivity contribution in [2.24, 2.45) is 11.8 Å². The third-order valence-corrected chi connectivity index (χ3v) is 9.74. The zero-order chi connectivity index (χ0) is 17.6. The van der Waals surface area contributed by atoms with Gasteiger partial charge in [0.2, 0.25) is 0 Å². The normalized spacial score (nSPS) is 25.0. The highest BCUT2D eigenvalue weighted by Crippen LogP contribution is 2.64. The molecule has 2 aromatic rings. The Morgan fingerprint density at radius 2 is 1.46 bits per heavy atom. The smallest absolute Gasteiger partial charge is 0.171 e. The van der Waals surface area contributed by atoms with Gasteiger partial charge in [0.1, 0.15) is 0 Å². The fraction of sp³-hybridized carbons (Fsp3) is 0.333. The van der Waals surface area contributed by atoms with Gasteiger partial charge in [-0.2, -0.15) is 0 Å². The Hall–Kier alpha value is -1.85. The van der Waals surface area contributed by atoms with Crippen molar-refractivity contribution in [3.63, 3.8) is 0 Å². The van der Waals surface area contributed by atoms with Gasteiger partial charge in [-0.05, 0) is 55.9 Å². The van der Waals surface area contributed by atoms with E-state index < -0.39 is 7.14 Å². The van der Waals surface area contributed by atoms with Gasteiger partial charge < -0.3 is 4.57 Å². The Balaban J connectivity index is 1.81. The van der Waals surface area contributed by atoms with Crippen LogP contribution in [-0.2, 0) is 4.57 Å². The van der Waals surface area contributed by atoms with Crippen molar-refractivity contribution in [3.8, 4) is 0 Å². The molecule has 0 saturated heterocycles. The number of hydrogen-bond donors (Lipinski definition) is 0. The van der Waals surface area contributed by atoms with Gasteiger partial charge in [-0.15, -0.1) is 0 Å². The number of hydrogen-bond acceptors (Lipinski definition) is 1. The lowest BCUT2D eigenvalue weighted by molar-refractivity contribution is 0.439. The number of rotatable bonds is 3. The summed E-state index contributed by atoms with van der Waals surface area (Å²) in [6.07, 6.45) is 9.75. The van der Waals surface area contributed by atoms with Gasteiger partial charge >= 0.3 is 0 Å². The number of fused-ring (bicyclic) bond motifs is 2. The van der Waals surface area contributed by atoms with Crippen molar-refractivity contribution in [3.05, 3.63) is 83.2 Å². The standard InChI is InChI=1S/C24H25OP/c25-26(20-11-3-1-4-12-20,21-13-5-2-6-14-21)24-22-15-7-9-18(22)17-19-10-8-16-23(19)24/h1-6,11-15,18-19H,7-10,16-17H2/t18-,19-/m0/s1. The van der Waals surface area contributed by atoms with Crippen molar-refractivity contribution in [2.75, 3.05) is 0 Å². The summed E-state index contributed by atoms with van der Waals surface area (Å²) in [4.78, 5) is 0. The van der Waals surface area contributed by atoms with Gasteiger partial charge in [-0.1, -0.05) is 72.3 Å². The van der Waals surface area contributed by atoms with E-state index in [0.29, 0.717) is 11.8 Å². The van der Waals surface area contributed by atoms with Gasteiger partial charge in [0, 0.05) is 15.9 Å². The van der Waals surface area contributed by atoms with Crippen molar-refractivity contribution < 1.29 is 4.57 Å². The maximum absolute atomic E-state index is 15.0. The van der Waals surface area contributed by atoms with Crippen LogP contribution in [0.15, 0.2) is 83.2 Å². The molecule has 3 aliphatic rings. The van der Waals surface area contributed by atoms with Crippen molar-refractivity contribution in [1.82, 2.24) is 0 Å². The van der Waals surface area contributed by atoms with Gasteiger partial charge in [-0.25, -0.2) is 0 Å². The summed E-state index contributed by atoms with van der Waals surface area (Å²) in [7, 11) is -2.83. The zero-order valence-corrected chi connectivity index (χ0v) is 16.0. The van der Waals surface area contributed by atoms with Crippen LogP contribution in [-0.4, -0.2) is 0 Å². The first kappa shape index (κ1) is 16.3. The Morgan fingerprint density at radius 1 is 0.808 bits per heavy atom. The second kappa shape index (κ2) is 6.39. The van der Waals surface area contributed by atoms with Crippen LogP contribution in [0.2, 0.25) is 0 Å². The zero-order valence-electron chi connectivity index (χ0n) is 15.1. The molecule has 3 aliphatic carbocycles. The van der Waals surface area contributed by atoms with Crippen LogP contribution < -0.4 is 10.6 Å². The molecule has 0 radical (unpaired) electrons. The third-order valence-electron chi connectivity index (χ3n) is 6.51. The van der Waals surface area contributed by atoms with Gasteiger partial charge in [0.05, 0.1) is 0 Å². The fourth-order valence-corrected chi connectivity index (χ4v) is 8.72. The van der Waals surface area contributed by atoms with Crippen LogP contribution in [0.1, 0.15) is 38.5 Å². The van der Waals surface area contributed by atoms with Crippen LogP contribution in [0, 0.1) is 11.8 Å². The summed E-state index contributed by atoms with van der Waals surface area (Å²) in [5, 5.41) is 3.23. The Morgan fingerprint density at radius 3 is 2.12 bits per heavy atom. The average molecular weight is 360 g/mol. The topological polar surface area (TPSA) is 17.1 Å². The highest BCUT2D eigenvalue weighted by atomic mass is 31.2. The molecule has 5 rings (SSSR count). The van der Waals surface area contributed by atoms with E-state index in [-0.39, 0.29) is 0 Å². The van der Waals surface area contributed by atoms with Gasteiger partial charge in [0.15, 0.2) is 7.14 Å². The van der Waals surface area contributed by atoms with Crippen LogP contribution in [0.5, 0.6) is 0 Å². The summed E-state index contributed by atoms with van der Waals surface area (Å²) < 4.78 is 15.0. The molecule has 0 aromatic heterocycles.